The van der Waals surface area contributed by atoms with Crippen molar-refractivity contribution in [1.29, 1.82) is 0 Å². The van der Waals surface area contributed by atoms with Crippen molar-refractivity contribution < 1.29 is 21.9 Å². The molecule has 0 unspecified atom stereocenters. The van der Waals surface area contributed by atoms with Gasteiger partial charge in [0.25, 0.3) is 10.0 Å². The molecule has 0 aliphatic carbocycles. The van der Waals surface area contributed by atoms with E-state index < -0.39 is 26.6 Å². The van der Waals surface area contributed by atoms with Crippen LogP contribution in [0.4, 0.5) is 26.0 Å². The number of nitrogens with zero attached hydrogens (tertiary/aromatic N) is 3. The van der Waals surface area contributed by atoms with Crippen LogP contribution in [-0.2, 0) is 10.0 Å². The minimum atomic E-state index is -4.10. The van der Waals surface area contributed by atoms with Crippen LogP contribution in [0.2, 0.25) is 0 Å². The normalized spacial score (nSPS) is 14.5. The van der Waals surface area contributed by atoms with Gasteiger partial charge in [-0.25, -0.2) is 27.2 Å². The molecule has 0 atom stereocenters. The van der Waals surface area contributed by atoms with Crippen LogP contribution >= 0.6 is 0 Å². The van der Waals surface area contributed by atoms with Crippen LogP contribution in [0.25, 0.3) is 11.3 Å². The first-order chi connectivity index (χ1) is 20.2. The molecule has 1 aliphatic heterocycles. The minimum Gasteiger partial charge on any atom is -0.491 e. The van der Waals surface area contributed by atoms with Crippen molar-refractivity contribution in [3.8, 4) is 17.0 Å². The summed E-state index contributed by atoms with van der Waals surface area (Å²) in [7, 11) is -1.97. The van der Waals surface area contributed by atoms with E-state index in [1.165, 1.54) is 30.6 Å². The number of ether oxygens (including phenoxy) is 1. The molecule has 2 N–H and O–H groups in total. The van der Waals surface area contributed by atoms with E-state index in [0.29, 0.717) is 40.9 Å². The average Bonchev–Trinajstić information content (AvgIpc) is 2.96. The molecule has 4 aromatic rings. The summed E-state index contributed by atoms with van der Waals surface area (Å²) in [5, 5.41) is 3.13. The zero-order valence-corrected chi connectivity index (χ0v) is 24.3. The number of nitrogens with one attached hydrogen (secondary N) is 2. The number of aromatic nitrogens is 2. The number of likely N-dealkylation sites (tertiary alicyclic amines) is 1. The van der Waals surface area contributed by atoms with Crippen LogP contribution in [0.15, 0.2) is 78.0 Å². The molecule has 1 fully saturated rings. The summed E-state index contributed by atoms with van der Waals surface area (Å²) in [6.45, 7) is 4.34. The predicted molar refractivity (Wildman–Crippen MR) is 159 cm³/mol. The summed E-state index contributed by atoms with van der Waals surface area (Å²) >= 11 is 0. The van der Waals surface area contributed by atoms with Gasteiger partial charge in [0.2, 0.25) is 0 Å². The lowest BCUT2D eigenvalue weighted by Gasteiger charge is -2.28. The highest BCUT2D eigenvalue weighted by atomic mass is 32.2. The summed E-state index contributed by atoms with van der Waals surface area (Å²) in [5.74, 6) is 0.0334. The largest absolute Gasteiger partial charge is 0.491 e. The van der Waals surface area contributed by atoms with Crippen LogP contribution in [-0.4, -0.2) is 50.0 Å². The number of halogens is 2. The zero-order valence-electron chi connectivity index (χ0n) is 23.5. The molecule has 1 aromatic heterocycles. The monoisotopic (exact) mass is 593 g/mol. The molecule has 1 aliphatic rings. The van der Waals surface area contributed by atoms with Gasteiger partial charge in [0.1, 0.15) is 22.9 Å². The van der Waals surface area contributed by atoms with Crippen molar-refractivity contribution >= 4 is 27.2 Å². The van der Waals surface area contributed by atoms with Crippen LogP contribution in [0.1, 0.15) is 24.8 Å². The number of anilines is 3. The van der Waals surface area contributed by atoms with Crippen molar-refractivity contribution in [3.63, 3.8) is 0 Å². The lowest BCUT2D eigenvalue weighted by atomic mass is 9.94. The summed E-state index contributed by atoms with van der Waals surface area (Å²) in [6.07, 6.45) is 4.57. The SMILES string of the molecule is Cc1ccc(S(=O)(=O)Nc2ccc(Nc3cc(-c4ccc(OCCC5CCN(C)CC5)c(F)c4)ncn3)cc2)c(F)c1. The minimum absolute atomic E-state index is 0.222. The third kappa shape index (κ3) is 7.40. The Balaban J connectivity index is 1.19. The Hall–Kier alpha value is -4.09. The third-order valence-corrected chi connectivity index (χ3v) is 8.72. The number of sulfonamides is 1. The molecule has 0 amide bonds. The van der Waals surface area contributed by atoms with Gasteiger partial charge in [-0.2, -0.15) is 0 Å². The summed E-state index contributed by atoms with van der Waals surface area (Å²) in [5.41, 5.74) is 2.62. The van der Waals surface area contributed by atoms with Crippen molar-refractivity contribution in [2.75, 3.05) is 36.8 Å². The Kier molecular flexibility index (Phi) is 8.98. The van der Waals surface area contributed by atoms with Gasteiger partial charge in [0.05, 0.1) is 12.3 Å². The Morgan fingerprint density at radius 1 is 0.929 bits per heavy atom. The van der Waals surface area contributed by atoms with Gasteiger partial charge in [-0.3, -0.25) is 4.72 Å². The molecule has 0 radical (unpaired) electrons. The molecular weight excluding hydrogens is 560 g/mol. The fourth-order valence-electron chi connectivity index (χ4n) is 4.85. The van der Waals surface area contributed by atoms with Crippen molar-refractivity contribution in [2.45, 2.75) is 31.1 Å². The van der Waals surface area contributed by atoms with Gasteiger partial charge >= 0.3 is 0 Å². The highest BCUT2D eigenvalue weighted by Gasteiger charge is 2.19. The lowest BCUT2D eigenvalue weighted by molar-refractivity contribution is 0.185. The van der Waals surface area contributed by atoms with Crippen LogP contribution in [0.3, 0.4) is 0 Å². The molecule has 0 saturated carbocycles. The maximum Gasteiger partial charge on any atom is 0.264 e. The molecule has 3 aromatic carbocycles. The Bertz CT molecular complexity index is 1640. The van der Waals surface area contributed by atoms with Gasteiger partial charge in [0, 0.05) is 23.0 Å². The van der Waals surface area contributed by atoms with Gasteiger partial charge in [-0.05, 0) is 112 Å². The van der Waals surface area contributed by atoms with Gasteiger partial charge in [-0.15, -0.1) is 0 Å². The standard InChI is InChI=1S/C31H33F2N5O3S/c1-21-3-10-30(27(33)17-21)42(39,40)37-25-7-5-24(6-8-25)36-31-19-28(34-20-35-31)23-4-9-29(26(32)18-23)41-16-13-22-11-14-38(2)15-12-22/h3-10,17-20,22,37H,11-16H2,1-2H3,(H,34,35,36). The van der Waals surface area contributed by atoms with E-state index in [1.807, 2.05) is 0 Å². The highest BCUT2D eigenvalue weighted by molar-refractivity contribution is 7.92. The second-order valence-corrected chi connectivity index (χ2v) is 12.2. The number of piperidine rings is 1. The van der Waals surface area contributed by atoms with Gasteiger partial charge in [0.15, 0.2) is 11.6 Å². The smallest absolute Gasteiger partial charge is 0.264 e. The molecule has 0 bridgehead atoms. The first kappa shape index (κ1) is 29.4. The zero-order chi connectivity index (χ0) is 29.7. The first-order valence-electron chi connectivity index (χ1n) is 13.8. The predicted octanol–water partition coefficient (Wildman–Crippen LogP) is 6.39. The van der Waals surface area contributed by atoms with E-state index in [1.54, 1.807) is 49.4 Å². The summed E-state index contributed by atoms with van der Waals surface area (Å²) in [4.78, 5) is 10.4. The molecule has 1 saturated heterocycles. The fraction of sp³-hybridized carbons (Fsp3) is 0.290. The van der Waals surface area contributed by atoms with E-state index >= 15 is 0 Å². The molecule has 5 rings (SSSR count). The van der Waals surface area contributed by atoms with Crippen LogP contribution in [0, 0.1) is 24.5 Å². The second-order valence-electron chi connectivity index (χ2n) is 10.6. The first-order valence-corrected chi connectivity index (χ1v) is 15.2. The second kappa shape index (κ2) is 12.8. The highest BCUT2D eigenvalue weighted by Crippen LogP contribution is 2.28. The van der Waals surface area contributed by atoms with Crippen LogP contribution < -0.4 is 14.8 Å². The van der Waals surface area contributed by atoms with E-state index in [9.17, 15) is 17.2 Å². The molecule has 220 valence electrons. The maximum atomic E-state index is 14.8. The third-order valence-electron chi connectivity index (χ3n) is 7.30. The Morgan fingerprint density at radius 3 is 2.38 bits per heavy atom. The Morgan fingerprint density at radius 2 is 1.67 bits per heavy atom. The average molecular weight is 594 g/mol. The fourth-order valence-corrected chi connectivity index (χ4v) is 5.97. The summed E-state index contributed by atoms with van der Waals surface area (Å²) < 4.78 is 62.4. The number of benzene rings is 3. The molecule has 42 heavy (non-hydrogen) atoms. The number of hydrogen-bond donors (Lipinski definition) is 2. The van der Waals surface area contributed by atoms with E-state index in [4.69, 9.17) is 4.74 Å². The molecule has 2 heterocycles. The lowest BCUT2D eigenvalue weighted by Crippen LogP contribution is -2.30. The summed E-state index contributed by atoms with van der Waals surface area (Å²) in [6, 6.07) is 16.8. The van der Waals surface area contributed by atoms with Crippen molar-refractivity contribution in [1.82, 2.24) is 14.9 Å². The van der Waals surface area contributed by atoms with Gasteiger partial charge < -0.3 is 15.0 Å². The van der Waals surface area contributed by atoms with E-state index in [2.05, 4.69) is 32.0 Å². The van der Waals surface area contributed by atoms with Crippen LogP contribution in [0.5, 0.6) is 5.75 Å². The molecule has 0 spiro atoms. The number of hydrogen-bond acceptors (Lipinski definition) is 7. The Labute approximate surface area is 244 Å². The van der Waals surface area contributed by atoms with E-state index in [-0.39, 0.29) is 11.4 Å². The topological polar surface area (TPSA) is 96.5 Å². The maximum absolute atomic E-state index is 14.8. The molecule has 8 nitrogen and oxygen atoms in total. The van der Waals surface area contributed by atoms with Crippen molar-refractivity contribution in [3.05, 3.63) is 90.3 Å². The number of aryl methyl sites for hydroxylation is 1. The molecule has 11 heteroatoms. The van der Waals surface area contributed by atoms with E-state index in [0.717, 1.165) is 32.4 Å². The molecular formula is C31H33F2N5O3S. The van der Waals surface area contributed by atoms with Gasteiger partial charge in [-0.1, -0.05) is 6.07 Å². The number of rotatable bonds is 10. The van der Waals surface area contributed by atoms with Crippen molar-refractivity contribution in [2.24, 2.45) is 5.92 Å². The quantitative estimate of drug-likeness (QED) is 0.220.